The third-order valence-corrected chi connectivity index (χ3v) is 2.84. The minimum absolute atomic E-state index is 0.356. The van der Waals surface area contributed by atoms with Crippen LogP contribution in [0.1, 0.15) is 10.5 Å². The van der Waals surface area contributed by atoms with Gasteiger partial charge < -0.3 is 9.72 Å². The summed E-state index contributed by atoms with van der Waals surface area (Å²) in [5, 5.41) is 2.10. The molecule has 17 heavy (non-hydrogen) atoms. The first-order chi connectivity index (χ1) is 8.29. The molecule has 1 aromatic carbocycles. The van der Waals surface area contributed by atoms with E-state index in [1.54, 1.807) is 6.07 Å². The number of esters is 1. The third kappa shape index (κ3) is 1.45. The minimum atomic E-state index is -0.356. The molecule has 2 N–H and O–H groups in total. The lowest BCUT2D eigenvalue weighted by atomic mass is 10.1. The monoisotopic (exact) mass is 227 g/mol. The van der Waals surface area contributed by atoms with Crippen molar-refractivity contribution in [1.29, 1.82) is 0 Å². The first-order valence-corrected chi connectivity index (χ1v) is 5.30. The lowest BCUT2D eigenvalue weighted by Crippen LogP contribution is -2.01. The van der Waals surface area contributed by atoms with Crippen LogP contribution in [-0.2, 0) is 4.74 Å². The second kappa shape index (κ2) is 3.59. The van der Waals surface area contributed by atoms with Crippen molar-refractivity contribution in [2.45, 2.75) is 0 Å². The maximum atomic E-state index is 11.5. The Morgan fingerprint density at radius 2 is 2.24 bits per heavy atom. The van der Waals surface area contributed by atoms with Crippen molar-refractivity contribution in [2.75, 3.05) is 7.11 Å². The van der Waals surface area contributed by atoms with Gasteiger partial charge in [-0.25, -0.2) is 9.78 Å². The molecule has 4 nitrogen and oxygen atoms in total. The topological polar surface area (TPSA) is 56.2 Å². The molecule has 0 atom stereocenters. The molecular weight excluding hydrogens is 216 g/mol. The van der Waals surface area contributed by atoms with Crippen molar-refractivity contribution in [3.05, 3.63) is 42.2 Å². The summed E-state index contributed by atoms with van der Waals surface area (Å²) in [5.74, 6) is -0.356. The maximum Gasteiger partial charge on any atom is 0.354 e. The molecule has 0 aliphatic heterocycles. The second-order valence-corrected chi connectivity index (χ2v) is 3.84. The van der Waals surface area contributed by atoms with Gasteiger partial charge in [0.05, 0.1) is 18.0 Å². The number of carbonyl (C=O) groups is 1. The van der Waals surface area contributed by atoms with Crippen molar-refractivity contribution in [3.8, 4) is 0 Å². The number of rotatable bonds is 1. The molecule has 0 saturated heterocycles. The van der Waals surface area contributed by atoms with Gasteiger partial charge in [0.15, 0.2) is 6.20 Å². The number of methoxy groups -OCH3 is 1. The summed E-state index contributed by atoms with van der Waals surface area (Å²) in [6.45, 7) is 0. The van der Waals surface area contributed by atoms with Crippen LogP contribution in [0.5, 0.6) is 0 Å². The van der Waals surface area contributed by atoms with Crippen molar-refractivity contribution in [3.63, 3.8) is 0 Å². The van der Waals surface area contributed by atoms with Gasteiger partial charge in [-0.05, 0) is 24.3 Å². The fourth-order valence-electron chi connectivity index (χ4n) is 2.02. The lowest BCUT2D eigenvalue weighted by molar-refractivity contribution is -0.343. The highest BCUT2D eigenvalue weighted by Crippen LogP contribution is 2.22. The zero-order valence-corrected chi connectivity index (χ0v) is 9.28. The Kier molecular flexibility index (Phi) is 2.08. The van der Waals surface area contributed by atoms with Gasteiger partial charge >= 0.3 is 5.97 Å². The summed E-state index contributed by atoms with van der Waals surface area (Å²) in [7, 11) is 1.37. The molecule has 84 valence electrons. The molecule has 0 saturated carbocycles. The highest BCUT2D eigenvalue weighted by atomic mass is 16.5. The van der Waals surface area contributed by atoms with E-state index >= 15 is 0 Å². The fourth-order valence-corrected chi connectivity index (χ4v) is 2.02. The van der Waals surface area contributed by atoms with Crippen molar-refractivity contribution in [2.24, 2.45) is 0 Å². The number of hydrogen-bond acceptors (Lipinski definition) is 2. The number of hydrogen-bond donors (Lipinski definition) is 1. The zero-order valence-electron chi connectivity index (χ0n) is 9.28. The van der Waals surface area contributed by atoms with Gasteiger partial charge in [-0.15, -0.1) is 0 Å². The van der Waals surface area contributed by atoms with E-state index in [-0.39, 0.29) is 5.97 Å². The van der Waals surface area contributed by atoms with E-state index in [0.717, 1.165) is 21.8 Å². The van der Waals surface area contributed by atoms with Crippen LogP contribution in [0.3, 0.4) is 0 Å². The van der Waals surface area contributed by atoms with Crippen LogP contribution in [0.25, 0.3) is 21.8 Å². The molecule has 4 heteroatoms. The summed E-state index contributed by atoms with van der Waals surface area (Å²) in [5.41, 5.74) is 2.39. The Morgan fingerprint density at radius 3 is 3.06 bits per heavy atom. The Labute approximate surface area is 97.2 Å². The number of aromatic amines is 2. The predicted molar refractivity (Wildman–Crippen MR) is 63.7 cm³/mol. The SMILES string of the molecule is COC(=O)c1cc2c(ccc3ccc[nH+]c32)[nH]1. The molecule has 2 aromatic heterocycles. The fraction of sp³-hybridized carbons (Fsp3) is 0.0769. The number of H-pyrrole nitrogens is 2. The van der Waals surface area contributed by atoms with E-state index in [9.17, 15) is 4.79 Å². The van der Waals surface area contributed by atoms with E-state index < -0.39 is 0 Å². The molecule has 0 spiro atoms. The zero-order chi connectivity index (χ0) is 11.8. The standard InChI is InChI=1S/C13H10N2O2/c1-17-13(16)11-7-9-10(15-11)5-4-8-3-2-6-14-12(8)9/h2-7,15H,1H3/p+1. The summed E-state index contributed by atoms with van der Waals surface area (Å²) in [6, 6.07) is 9.74. The molecule has 3 aromatic rings. The van der Waals surface area contributed by atoms with Gasteiger partial charge in [-0.1, -0.05) is 0 Å². The van der Waals surface area contributed by atoms with Crippen LogP contribution in [0.4, 0.5) is 0 Å². The van der Waals surface area contributed by atoms with Gasteiger partial charge in [0.2, 0.25) is 5.52 Å². The third-order valence-electron chi connectivity index (χ3n) is 2.84. The highest BCUT2D eigenvalue weighted by molar-refractivity contribution is 6.05. The molecule has 3 rings (SSSR count). The van der Waals surface area contributed by atoms with E-state index in [4.69, 9.17) is 4.74 Å². The molecule has 2 heterocycles. The average molecular weight is 227 g/mol. The predicted octanol–water partition coefficient (Wildman–Crippen LogP) is 1.92. The largest absolute Gasteiger partial charge is 0.464 e. The molecule has 0 fully saturated rings. The van der Waals surface area contributed by atoms with Gasteiger partial charge in [0, 0.05) is 11.5 Å². The van der Waals surface area contributed by atoms with Crippen molar-refractivity contribution < 1.29 is 14.5 Å². The van der Waals surface area contributed by atoms with E-state index in [0.29, 0.717) is 5.69 Å². The van der Waals surface area contributed by atoms with Gasteiger partial charge in [-0.2, -0.15) is 0 Å². The number of ether oxygens (including phenoxy) is 1. The van der Waals surface area contributed by atoms with Crippen LogP contribution >= 0.6 is 0 Å². The summed E-state index contributed by atoms with van der Waals surface area (Å²) in [6.07, 6.45) is 1.87. The highest BCUT2D eigenvalue weighted by Gasteiger charge is 2.13. The Hall–Kier alpha value is -2.36. The van der Waals surface area contributed by atoms with Crippen LogP contribution in [0, 0.1) is 0 Å². The van der Waals surface area contributed by atoms with Crippen molar-refractivity contribution >= 4 is 27.8 Å². The Morgan fingerprint density at radius 1 is 1.35 bits per heavy atom. The van der Waals surface area contributed by atoms with Crippen LogP contribution in [-0.4, -0.2) is 18.1 Å². The van der Waals surface area contributed by atoms with Gasteiger partial charge in [0.1, 0.15) is 5.69 Å². The molecule has 0 aliphatic rings. The molecule has 0 amide bonds. The first kappa shape index (κ1) is 9.84. The number of fused-ring (bicyclic) bond motifs is 3. The first-order valence-electron chi connectivity index (χ1n) is 5.30. The molecule has 0 aliphatic carbocycles. The van der Waals surface area contributed by atoms with Crippen LogP contribution < -0.4 is 4.98 Å². The van der Waals surface area contributed by atoms with E-state index in [1.807, 2.05) is 30.5 Å². The normalized spacial score (nSPS) is 10.9. The lowest BCUT2D eigenvalue weighted by Gasteiger charge is -1.92. The average Bonchev–Trinajstić information content (AvgIpc) is 2.82. The summed E-state index contributed by atoms with van der Waals surface area (Å²) >= 11 is 0. The van der Waals surface area contributed by atoms with Crippen LogP contribution in [0.2, 0.25) is 0 Å². The quantitative estimate of drug-likeness (QED) is 0.646. The molecule has 0 radical (unpaired) electrons. The van der Waals surface area contributed by atoms with E-state index in [2.05, 4.69) is 9.97 Å². The number of carbonyl (C=O) groups excluding carboxylic acids is 1. The smallest absolute Gasteiger partial charge is 0.354 e. The minimum Gasteiger partial charge on any atom is -0.464 e. The summed E-state index contributed by atoms with van der Waals surface area (Å²) < 4.78 is 4.70. The van der Waals surface area contributed by atoms with Gasteiger partial charge in [-0.3, -0.25) is 0 Å². The molecule has 0 unspecified atom stereocenters. The van der Waals surface area contributed by atoms with Crippen LogP contribution in [0.15, 0.2) is 36.5 Å². The Bertz CT molecular complexity index is 716. The van der Waals surface area contributed by atoms with Gasteiger partial charge in [0.25, 0.3) is 0 Å². The number of benzene rings is 1. The number of nitrogens with one attached hydrogen (secondary N) is 2. The summed E-state index contributed by atoms with van der Waals surface area (Å²) in [4.78, 5) is 17.7. The molecular formula is C13H11N2O2+. The van der Waals surface area contributed by atoms with Crippen molar-refractivity contribution in [1.82, 2.24) is 4.98 Å². The number of aromatic nitrogens is 2. The Balaban J connectivity index is 2.35. The maximum absolute atomic E-state index is 11.5. The van der Waals surface area contributed by atoms with E-state index in [1.165, 1.54) is 7.11 Å². The molecule has 0 bridgehead atoms. The number of pyridine rings is 1. The second-order valence-electron chi connectivity index (χ2n) is 3.84.